The Bertz CT molecular complexity index is 656. The largest absolute Gasteiger partial charge is 0.495 e. The van der Waals surface area contributed by atoms with Gasteiger partial charge >= 0.3 is 0 Å². The molecule has 0 amide bonds. The first-order valence-corrected chi connectivity index (χ1v) is 6.40. The molecule has 1 aromatic heterocycles. The van der Waals surface area contributed by atoms with E-state index in [-0.39, 0.29) is 0 Å². The highest BCUT2D eigenvalue weighted by atomic mass is 16.6. The third kappa shape index (κ3) is 2.11. The summed E-state index contributed by atoms with van der Waals surface area (Å²) in [5.41, 5.74) is 8.54. The molecular weight excluding hydrogens is 256 g/mol. The number of methoxy groups -OCH3 is 1. The number of nitrogens with two attached hydrogens (primary N) is 1. The summed E-state index contributed by atoms with van der Waals surface area (Å²) in [6.07, 6.45) is 0. The first kappa shape index (κ1) is 12.6. The van der Waals surface area contributed by atoms with Crippen LogP contribution in [-0.2, 0) is 0 Å². The van der Waals surface area contributed by atoms with E-state index in [1.807, 2.05) is 31.2 Å². The van der Waals surface area contributed by atoms with Gasteiger partial charge in [0.25, 0.3) is 0 Å². The molecule has 1 aromatic carbocycles. The van der Waals surface area contributed by atoms with E-state index in [1.54, 1.807) is 7.11 Å². The van der Waals surface area contributed by atoms with Crippen molar-refractivity contribution in [2.45, 2.75) is 6.92 Å². The third-order valence-corrected chi connectivity index (χ3v) is 3.27. The van der Waals surface area contributed by atoms with Crippen LogP contribution < -0.4 is 19.9 Å². The summed E-state index contributed by atoms with van der Waals surface area (Å²) in [7, 11) is 1.62. The van der Waals surface area contributed by atoms with Crippen molar-refractivity contribution >= 4 is 5.82 Å². The maximum Gasteiger partial charge on any atom is 0.161 e. The van der Waals surface area contributed by atoms with Crippen molar-refractivity contribution in [2.75, 3.05) is 26.1 Å². The molecule has 5 heteroatoms. The summed E-state index contributed by atoms with van der Waals surface area (Å²) in [6.45, 7) is 3.00. The van der Waals surface area contributed by atoms with Crippen molar-refractivity contribution in [3.8, 4) is 28.4 Å². The van der Waals surface area contributed by atoms with Crippen LogP contribution in [0.5, 0.6) is 17.2 Å². The molecule has 0 aliphatic carbocycles. The standard InChI is InChI=1S/C15H16N2O3/c1-9-13(18-2)8-11(15(16)17-9)10-3-4-12-14(7-10)20-6-5-19-12/h3-4,7-8H,5-6H2,1-2H3,(H2,16,17). The third-order valence-electron chi connectivity index (χ3n) is 3.27. The Morgan fingerprint density at radius 1 is 1.15 bits per heavy atom. The molecule has 1 aliphatic heterocycles. The van der Waals surface area contributed by atoms with Crippen LogP contribution in [0.2, 0.25) is 0 Å². The van der Waals surface area contributed by atoms with Gasteiger partial charge in [-0.3, -0.25) is 0 Å². The minimum atomic E-state index is 0.472. The normalized spacial score (nSPS) is 13.1. The van der Waals surface area contributed by atoms with Crippen LogP contribution in [-0.4, -0.2) is 25.3 Å². The molecule has 3 rings (SSSR count). The smallest absolute Gasteiger partial charge is 0.161 e. The molecule has 0 spiro atoms. The summed E-state index contributed by atoms with van der Waals surface area (Å²) < 4.78 is 16.4. The quantitative estimate of drug-likeness (QED) is 0.909. The molecule has 0 unspecified atom stereocenters. The molecule has 2 aromatic rings. The minimum Gasteiger partial charge on any atom is -0.495 e. The molecule has 0 saturated heterocycles. The van der Waals surface area contributed by atoms with Crippen LogP contribution in [0.25, 0.3) is 11.1 Å². The van der Waals surface area contributed by atoms with Crippen LogP contribution in [0, 0.1) is 6.92 Å². The van der Waals surface area contributed by atoms with Gasteiger partial charge in [-0.2, -0.15) is 0 Å². The molecule has 0 bridgehead atoms. The summed E-state index contributed by atoms with van der Waals surface area (Å²) in [4.78, 5) is 4.31. The Labute approximate surface area is 117 Å². The number of nitrogen functional groups attached to an aromatic ring is 1. The van der Waals surface area contributed by atoms with Crippen molar-refractivity contribution in [2.24, 2.45) is 0 Å². The van der Waals surface area contributed by atoms with Gasteiger partial charge in [0.15, 0.2) is 11.5 Å². The van der Waals surface area contributed by atoms with Gasteiger partial charge in [0.2, 0.25) is 0 Å². The fraction of sp³-hybridized carbons (Fsp3) is 0.267. The van der Waals surface area contributed by atoms with Gasteiger partial charge in [0.1, 0.15) is 24.8 Å². The molecule has 5 nitrogen and oxygen atoms in total. The van der Waals surface area contributed by atoms with Gasteiger partial charge in [-0.05, 0) is 30.7 Å². The van der Waals surface area contributed by atoms with Crippen LogP contribution in [0.4, 0.5) is 5.82 Å². The molecule has 2 N–H and O–H groups in total. The van der Waals surface area contributed by atoms with Gasteiger partial charge in [-0.15, -0.1) is 0 Å². The number of hydrogen-bond donors (Lipinski definition) is 1. The highest BCUT2D eigenvalue weighted by molar-refractivity contribution is 5.77. The van der Waals surface area contributed by atoms with Crippen LogP contribution in [0.15, 0.2) is 24.3 Å². The number of pyridine rings is 1. The van der Waals surface area contributed by atoms with E-state index >= 15 is 0 Å². The maximum absolute atomic E-state index is 6.01. The second kappa shape index (κ2) is 4.92. The Morgan fingerprint density at radius 2 is 1.90 bits per heavy atom. The molecule has 104 valence electrons. The van der Waals surface area contributed by atoms with E-state index < -0.39 is 0 Å². The average Bonchev–Trinajstić information content (AvgIpc) is 2.47. The molecule has 0 atom stereocenters. The monoisotopic (exact) mass is 272 g/mol. The van der Waals surface area contributed by atoms with E-state index in [2.05, 4.69) is 4.98 Å². The van der Waals surface area contributed by atoms with Gasteiger partial charge < -0.3 is 19.9 Å². The van der Waals surface area contributed by atoms with Crippen molar-refractivity contribution < 1.29 is 14.2 Å². The lowest BCUT2D eigenvalue weighted by Crippen LogP contribution is -2.15. The zero-order chi connectivity index (χ0) is 14.1. The lowest BCUT2D eigenvalue weighted by Gasteiger charge is -2.19. The first-order chi connectivity index (χ1) is 9.69. The zero-order valence-electron chi connectivity index (χ0n) is 11.5. The maximum atomic E-state index is 6.01. The highest BCUT2D eigenvalue weighted by Gasteiger charge is 2.15. The zero-order valence-corrected chi connectivity index (χ0v) is 11.5. The van der Waals surface area contributed by atoms with E-state index in [4.69, 9.17) is 19.9 Å². The highest BCUT2D eigenvalue weighted by Crippen LogP contribution is 2.37. The van der Waals surface area contributed by atoms with Gasteiger partial charge in [-0.25, -0.2) is 4.98 Å². The second-order valence-electron chi connectivity index (χ2n) is 4.57. The average molecular weight is 272 g/mol. The topological polar surface area (TPSA) is 66.6 Å². The van der Waals surface area contributed by atoms with Gasteiger partial charge in [-0.1, -0.05) is 6.07 Å². The van der Waals surface area contributed by atoms with Crippen LogP contribution in [0.1, 0.15) is 5.69 Å². The number of rotatable bonds is 2. The van der Waals surface area contributed by atoms with E-state index in [1.165, 1.54) is 0 Å². The van der Waals surface area contributed by atoms with Crippen LogP contribution >= 0.6 is 0 Å². The predicted octanol–water partition coefficient (Wildman–Crippen LogP) is 2.42. The molecule has 20 heavy (non-hydrogen) atoms. The van der Waals surface area contributed by atoms with Gasteiger partial charge in [0.05, 0.1) is 12.8 Å². The summed E-state index contributed by atoms with van der Waals surface area (Å²) in [5, 5.41) is 0. The Hall–Kier alpha value is -2.43. The summed E-state index contributed by atoms with van der Waals surface area (Å²) >= 11 is 0. The van der Waals surface area contributed by atoms with Crippen molar-refractivity contribution in [3.63, 3.8) is 0 Å². The Morgan fingerprint density at radius 3 is 2.65 bits per heavy atom. The molecule has 0 saturated carbocycles. The van der Waals surface area contributed by atoms with Crippen molar-refractivity contribution in [1.29, 1.82) is 0 Å². The Balaban J connectivity index is 2.08. The minimum absolute atomic E-state index is 0.472. The molecule has 1 aliphatic rings. The number of aromatic nitrogens is 1. The molecule has 2 heterocycles. The SMILES string of the molecule is COc1cc(-c2ccc3c(c2)OCCO3)c(N)nc1C. The summed E-state index contributed by atoms with van der Waals surface area (Å²) in [5.74, 6) is 2.67. The fourth-order valence-electron chi connectivity index (χ4n) is 2.25. The van der Waals surface area contributed by atoms with Crippen molar-refractivity contribution in [3.05, 3.63) is 30.0 Å². The van der Waals surface area contributed by atoms with E-state index in [0.29, 0.717) is 24.8 Å². The van der Waals surface area contributed by atoms with Crippen molar-refractivity contribution in [1.82, 2.24) is 4.98 Å². The lowest BCUT2D eigenvalue weighted by atomic mass is 10.0. The molecular formula is C15H16N2O3. The molecule has 0 radical (unpaired) electrons. The van der Waals surface area contributed by atoms with Crippen LogP contribution in [0.3, 0.4) is 0 Å². The fourth-order valence-corrected chi connectivity index (χ4v) is 2.25. The number of anilines is 1. The van der Waals surface area contributed by atoms with E-state index in [0.717, 1.165) is 28.3 Å². The number of aryl methyl sites for hydroxylation is 1. The molecule has 0 fully saturated rings. The number of nitrogens with zero attached hydrogens (tertiary/aromatic N) is 1. The number of fused-ring (bicyclic) bond motifs is 1. The van der Waals surface area contributed by atoms with E-state index in [9.17, 15) is 0 Å². The number of hydrogen-bond acceptors (Lipinski definition) is 5. The summed E-state index contributed by atoms with van der Waals surface area (Å²) in [6, 6.07) is 7.63. The van der Waals surface area contributed by atoms with Gasteiger partial charge in [0, 0.05) is 5.56 Å². The number of benzene rings is 1. The predicted molar refractivity (Wildman–Crippen MR) is 76.4 cm³/mol. The lowest BCUT2D eigenvalue weighted by molar-refractivity contribution is 0.171. The first-order valence-electron chi connectivity index (χ1n) is 6.40. The number of ether oxygens (including phenoxy) is 3. The second-order valence-corrected chi connectivity index (χ2v) is 4.57. The Kier molecular flexibility index (Phi) is 3.10.